The van der Waals surface area contributed by atoms with Crippen LogP contribution in [0.2, 0.25) is 0 Å². The van der Waals surface area contributed by atoms with E-state index in [9.17, 15) is 43.1 Å². The molecule has 0 spiro atoms. The van der Waals surface area contributed by atoms with Crippen molar-refractivity contribution in [3.63, 3.8) is 0 Å². The monoisotopic (exact) mass is 407 g/mol. The van der Waals surface area contributed by atoms with Crippen molar-refractivity contribution in [1.82, 2.24) is 10.2 Å². The number of aromatic hydroxyl groups is 1. The number of carbonyl (C=O) groups excluding carboxylic acids is 2. The molecule has 1 fully saturated rings. The number of carbonyl (C=O) groups is 2. The summed E-state index contributed by atoms with van der Waals surface area (Å²) in [6, 6.07) is -0.682. The molecule has 1 aromatic rings. The lowest BCUT2D eigenvalue weighted by molar-refractivity contribution is -0.386. The largest absolute Gasteiger partial charge is 0.502 e. The third kappa shape index (κ3) is 3.28. The molecule has 1 saturated heterocycles. The topological polar surface area (TPSA) is 142 Å². The van der Waals surface area contributed by atoms with Crippen LogP contribution in [0.4, 0.5) is 23.7 Å². The van der Waals surface area contributed by atoms with E-state index in [0.29, 0.717) is 13.1 Å². The molecule has 13 heteroatoms. The molecule has 1 heterocycles. The number of esters is 1. The Bertz CT molecular complexity index is 817. The van der Waals surface area contributed by atoms with E-state index in [2.05, 4.69) is 10.1 Å². The number of ether oxygens (including phenoxy) is 1. The summed E-state index contributed by atoms with van der Waals surface area (Å²) in [4.78, 5) is 34.3. The third-order valence-corrected chi connectivity index (χ3v) is 4.37. The minimum atomic E-state index is -5.46. The van der Waals surface area contributed by atoms with Gasteiger partial charge in [-0.15, -0.1) is 0 Å². The number of nitrogens with one attached hydrogen (secondary N) is 1. The van der Waals surface area contributed by atoms with E-state index in [-0.39, 0.29) is 17.1 Å². The zero-order valence-corrected chi connectivity index (χ0v) is 14.6. The lowest BCUT2D eigenvalue weighted by atomic mass is 9.81. The van der Waals surface area contributed by atoms with Crippen molar-refractivity contribution < 1.29 is 42.6 Å². The van der Waals surface area contributed by atoms with E-state index in [0.717, 1.165) is 12.1 Å². The zero-order chi connectivity index (χ0) is 21.4. The van der Waals surface area contributed by atoms with Gasteiger partial charge in [0.25, 0.3) is 5.72 Å². The molecule has 2 amide bonds. The first kappa shape index (κ1) is 21.2. The second-order valence-electron chi connectivity index (χ2n) is 5.95. The molecular weight excluding hydrogens is 391 g/mol. The molecule has 0 saturated carbocycles. The Morgan fingerprint density at radius 2 is 2.07 bits per heavy atom. The van der Waals surface area contributed by atoms with Gasteiger partial charge >= 0.3 is 23.9 Å². The molecule has 0 aliphatic carbocycles. The summed E-state index contributed by atoms with van der Waals surface area (Å²) in [5.74, 6) is -4.65. The Morgan fingerprint density at radius 1 is 1.46 bits per heavy atom. The number of hydrogen-bond donors (Lipinski definition) is 3. The van der Waals surface area contributed by atoms with Crippen LogP contribution in [0.5, 0.6) is 5.75 Å². The van der Waals surface area contributed by atoms with Gasteiger partial charge < -0.3 is 20.3 Å². The highest BCUT2D eigenvalue weighted by atomic mass is 19.4. The van der Waals surface area contributed by atoms with Crippen LogP contribution in [0.1, 0.15) is 18.5 Å². The summed E-state index contributed by atoms with van der Waals surface area (Å²) in [5, 5.41) is 33.1. The van der Waals surface area contributed by atoms with E-state index in [1.54, 1.807) is 0 Å². The summed E-state index contributed by atoms with van der Waals surface area (Å²) < 4.78 is 45.8. The van der Waals surface area contributed by atoms with E-state index in [1.807, 2.05) is 0 Å². The number of aliphatic hydroxyl groups is 1. The number of phenolic OH excluding ortho intramolecular Hbond substituents is 1. The van der Waals surface area contributed by atoms with Crippen LogP contribution in [0.15, 0.2) is 18.2 Å². The number of hydrogen-bond acceptors (Lipinski definition) is 7. The standard InChI is InChI=1S/C15H16F3N3O7/c1-3-28-12(23)10-11(7-4-5-9(22)8(6-7)21(26)27)19-13(24)20(2)14(10,25)15(16,17)18/h4-6,10-11,22,25H,3H2,1-2H3,(H,19,24)/t10-,11+,14+/m0/s1. The molecule has 0 radical (unpaired) electrons. The highest BCUT2D eigenvalue weighted by molar-refractivity contribution is 5.83. The molecular formula is C15H16F3N3O7. The lowest BCUT2D eigenvalue weighted by Crippen LogP contribution is -2.73. The predicted octanol–water partition coefficient (Wildman–Crippen LogP) is 1.43. The van der Waals surface area contributed by atoms with Gasteiger partial charge in [-0.1, -0.05) is 6.07 Å². The summed E-state index contributed by atoms with van der Waals surface area (Å²) in [6.45, 7) is 1.01. The maximum Gasteiger partial charge on any atom is 0.437 e. The van der Waals surface area contributed by atoms with Crippen molar-refractivity contribution in [2.75, 3.05) is 13.7 Å². The predicted molar refractivity (Wildman–Crippen MR) is 84.9 cm³/mol. The Kier molecular flexibility index (Phi) is 5.41. The van der Waals surface area contributed by atoms with Gasteiger partial charge in [-0.3, -0.25) is 19.8 Å². The average molecular weight is 407 g/mol. The van der Waals surface area contributed by atoms with Crippen molar-refractivity contribution in [2.24, 2.45) is 5.92 Å². The fraction of sp³-hybridized carbons (Fsp3) is 0.467. The molecule has 1 aromatic carbocycles. The lowest BCUT2D eigenvalue weighted by Gasteiger charge is -2.49. The molecule has 0 bridgehead atoms. The minimum absolute atomic E-state index is 0.0834. The smallest absolute Gasteiger partial charge is 0.437 e. The molecule has 1 aliphatic rings. The van der Waals surface area contributed by atoms with Gasteiger partial charge in [0, 0.05) is 13.1 Å². The Morgan fingerprint density at radius 3 is 2.57 bits per heavy atom. The second-order valence-corrected chi connectivity index (χ2v) is 5.95. The molecule has 10 nitrogen and oxygen atoms in total. The number of nitro groups is 1. The van der Waals surface area contributed by atoms with Crippen LogP contribution in [0, 0.1) is 16.0 Å². The number of urea groups is 1. The number of nitro benzene ring substituents is 1. The number of benzene rings is 1. The number of nitrogens with zero attached hydrogens (tertiary/aromatic N) is 2. The first-order chi connectivity index (χ1) is 12.9. The molecule has 3 N–H and O–H groups in total. The zero-order valence-electron chi connectivity index (χ0n) is 14.6. The Hall–Kier alpha value is -3.09. The van der Waals surface area contributed by atoms with Gasteiger partial charge in [-0.2, -0.15) is 13.2 Å². The first-order valence-corrected chi connectivity index (χ1v) is 7.83. The van der Waals surface area contributed by atoms with Gasteiger partial charge in [0.15, 0.2) is 5.75 Å². The Balaban J connectivity index is 2.70. The summed E-state index contributed by atoms with van der Waals surface area (Å²) in [5.41, 5.74) is -5.12. The maximum atomic E-state index is 13.7. The Labute approximate surface area is 155 Å². The highest BCUT2D eigenvalue weighted by Gasteiger charge is 2.69. The molecule has 3 atom stereocenters. The van der Waals surface area contributed by atoms with Crippen LogP contribution in [0.25, 0.3) is 0 Å². The van der Waals surface area contributed by atoms with E-state index < -0.39 is 52.2 Å². The summed E-state index contributed by atoms with van der Waals surface area (Å²) in [7, 11) is 0.643. The molecule has 1 aliphatic heterocycles. The van der Waals surface area contributed by atoms with Crippen LogP contribution < -0.4 is 5.32 Å². The van der Waals surface area contributed by atoms with Crippen molar-refractivity contribution in [1.29, 1.82) is 0 Å². The SMILES string of the molecule is CCOC(=O)[C@@H]1[C@@H](c2ccc(O)c([N+](=O)[O-])c2)NC(=O)N(C)[C@]1(O)C(F)(F)F. The molecule has 0 unspecified atom stereocenters. The number of phenols is 1. The maximum absolute atomic E-state index is 13.7. The minimum Gasteiger partial charge on any atom is -0.502 e. The first-order valence-electron chi connectivity index (χ1n) is 7.83. The van der Waals surface area contributed by atoms with Crippen LogP contribution in [-0.4, -0.2) is 57.6 Å². The van der Waals surface area contributed by atoms with Gasteiger partial charge in [0.2, 0.25) is 0 Å². The van der Waals surface area contributed by atoms with E-state index in [1.165, 1.54) is 6.92 Å². The normalized spacial score (nSPS) is 25.2. The van der Waals surface area contributed by atoms with Crippen LogP contribution in [-0.2, 0) is 9.53 Å². The fourth-order valence-corrected chi connectivity index (χ4v) is 2.96. The number of amides is 2. The quantitative estimate of drug-likeness (QED) is 0.389. The number of alkyl halides is 3. The van der Waals surface area contributed by atoms with Crippen LogP contribution >= 0.6 is 0 Å². The average Bonchev–Trinajstić information content (AvgIpc) is 2.58. The van der Waals surface area contributed by atoms with E-state index >= 15 is 0 Å². The summed E-state index contributed by atoms with van der Waals surface area (Å²) in [6.07, 6.45) is -5.46. The van der Waals surface area contributed by atoms with Gasteiger partial charge in [0.1, 0.15) is 5.92 Å². The van der Waals surface area contributed by atoms with Crippen molar-refractivity contribution in [3.05, 3.63) is 33.9 Å². The van der Waals surface area contributed by atoms with Crippen LogP contribution in [0.3, 0.4) is 0 Å². The number of rotatable bonds is 4. The molecule has 154 valence electrons. The third-order valence-electron chi connectivity index (χ3n) is 4.37. The fourth-order valence-electron chi connectivity index (χ4n) is 2.96. The van der Waals surface area contributed by atoms with Gasteiger partial charge in [-0.05, 0) is 18.6 Å². The van der Waals surface area contributed by atoms with E-state index in [4.69, 9.17) is 0 Å². The van der Waals surface area contributed by atoms with Crippen molar-refractivity contribution in [2.45, 2.75) is 24.9 Å². The number of halogens is 3. The highest BCUT2D eigenvalue weighted by Crippen LogP contribution is 2.47. The molecule has 0 aromatic heterocycles. The van der Waals surface area contributed by atoms with Gasteiger partial charge in [-0.25, -0.2) is 4.79 Å². The van der Waals surface area contributed by atoms with Gasteiger partial charge in [0.05, 0.1) is 17.6 Å². The molecule has 2 rings (SSSR count). The summed E-state index contributed by atoms with van der Waals surface area (Å²) >= 11 is 0. The molecule has 28 heavy (non-hydrogen) atoms. The second kappa shape index (κ2) is 7.14. The van der Waals surface area contributed by atoms with Crippen molar-refractivity contribution in [3.8, 4) is 5.75 Å². The van der Waals surface area contributed by atoms with Crippen molar-refractivity contribution >= 4 is 17.7 Å².